The molecule has 1 aliphatic carbocycles. The molecule has 1 heterocycles. The third-order valence-corrected chi connectivity index (χ3v) is 4.41. The first-order valence-corrected chi connectivity index (χ1v) is 8.59. The fraction of sp³-hybridized carbons (Fsp3) is 0.450. The van der Waals surface area contributed by atoms with Crippen LogP contribution in [0.5, 0.6) is 0 Å². The van der Waals surface area contributed by atoms with Gasteiger partial charge < -0.3 is 14.7 Å². The number of aliphatic hydroxyl groups excluding tert-OH is 1. The molecule has 0 aromatic carbocycles. The normalized spacial score (nSPS) is 20.9. The number of hydrogen-bond acceptors (Lipinski definition) is 5. The number of nitrogens with zero attached hydrogens (tertiary/aromatic N) is 3. The van der Waals surface area contributed by atoms with Gasteiger partial charge in [-0.05, 0) is 38.8 Å². The summed E-state index contributed by atoms with van der Waals surface area (Å²) in [7, 11) is 3.32. The lowest BCUT2D eigenvalue weighted by Gasteiger charge is -2.35. The minimum Gasteiger partial charge on any atom is -0.496 e. The van der Waals surface area contributed by atoms with Gasteiger partial charge in [0.1, 0.15) is 16.9 Å². The molecular weight excluding hydrogens is 330 g/mol. The number of allylic oxidation sites excluding steroid dienone is 2. The van der Waals surface area contributed by atoms with E-state index in [4.69, 9.17) is 4.74 Å². The molecular formula is C20H25N3O3. The van der Waals surface area contributed by atoms with Crippen LogP contribution in [0.4, 0.5) is 0 Å². The molecule has 1 aromatic heterocycles. The van der Waals surface area contributed by atoms with Crippen molar-refractivity contribution in [2.24, 2.45) is 0 Å². The number of carbonyl (C=O) groups is 1. The van der Waals surface area contributed by atoms with Gasteiger partial charge in [0.05, 0.1) is 18.8 Å². The Morgan fingerprint density at radius 2 is 2.19 bits per heavy atom. The van der Waals surface area contributed by atoms with Gasteiger partial charge in [0.2, 0.25) is 0 Å². The highest BCUT2D eigenvalue weighted by Crippen LogP contribution is 2.44. The largest absolute Gasteiger partial charge is 0.496 e. The van der Waals surface area contributed by atoms with Gasteiger partial charge in [-0.1, -0.05) is 17.7 Å². The van der Waals surface area contributed by atoms with E-state index in [1.807, 2.05) is 19.9 Å². The zero-order valence-electron chi connectivity index (χ0n) is 15.9. The lowest BCUT2D eigenvalue weighted by atomic mass is 9.70. The summed E-state index contributed by atoms with van der Waals surface area (Å²) in [5.41, 5.74) is 1.45. The van der Waals surface area contributed by atoms with Crippen LogP contribution < -0.4 is 0 Å². The van der Waals surface area contributed by atoms with Crippen molar-refractivity contribution in [1.82, 2.24) is 9.88 Å². The van der Waals surface area contributed by atoms with E-state index >= 15 is 0 Å². The highest BCUT2D eigenvalue weighted by Gasteiger charge is 2.43. The predicted octanol–water partition coefficient (Wildman–Crippen LogP) is 2.57. The second-order valence-corrected chi connectivity index (χ2v) is 6.71. The number of nitriles is 1. The van der Waals surface area contributed by atoms with E-state index in [2.05, 4.69) is 11.1 Å². The molecule has 0 bridgehead atoms. The van der Waals surface area contributed by atoms with E-state index < -0.39 is 11.5 Å². The molecule has 26 heavy (non-hydrogen) atoms. The summed E-state index contributed by atoms with van der Waals surface area (Å²) >= 11 is 0. The van der Waals surface area contributed by atoms with Gasteiger partial charge in [0.15, 0.2) is 0 Å². The third-order valence-electron chi connectivity index (χ3n) is 4.41. The second kappa shape index (κ2) is 7.71. The van der Waals surface area contributed by atoms with Gasteiger partial charge in [-0.2, -0.15) is 5.26 Å². The molecule has 0 fully saturated rings. The van der Waals surface area contributed by atoms with Crippen LogP contribution in [0.3, 0.4) is 0 Å². The van der Waals surface area contributed by atoms with Crippen molar-refractivity contribution >= 4 is 5.91 Å². The van der Waals surface area contributed by atoms with Crippen LogP contribution in [0.25, 0.3) is 0 Å². The van der Waals surface area contributed by atoms with E-state index in [1.54, 1.807) is 39.3 Å². The van der Waals surface area contributed by atoms with Crippen molar-refractivity contribution in [3.05, 3.63) is 52.6 Å². The number of amides is 1. The Labute approximate surface area is 154 Å². The van der Waals surface area contributed by atoms with Crippen molar-refractivity contribution in [3.63, 3.8) is 0 Å². The fourth-order valence-corrected chi connectivity index (χ4v) is 3.18. The van der Waals surface area contributed by atoms with Crippen molar-refractivity contribution in [2.75, 3.05) is 20.7 Å². The monoisotopic (exact) mass is 355 g/mol. The summed E-state index contributed by atoms with van der Waals surface area (Å²) < 4.78 is 5.83. The van der Waals surface area contributed by atoms with Crippen LogP contribution in [-0.2, 0) is 10.2 Å². The first-order valence-electron chi connectivity index (χ1n) is 8.59. The molecule has 1 aliphatic rings. The van der Waals surface area contributed by atoms with Crippen LogP contribution >= 0.6 is 0 Å². The Bertz CT molecular complexity index is 786. The molecule has 1 aromatic rings. The quantitative estimate of drug-likeness (QED) is 0.877. The molecule has 0 spiro atoms. The molecule has 0 aliphatic heterocycles. The maximum Gasteiger partial charge on any atom is 0.271 e. The molecule has 2 atom stereocenters. The Hall–Kier alpha value is -2.65. The van der Waals surface area contributed by atoms with E-state index in [0.717, 1.165) is 5.57 Å². The van der Waals surface area contributed by atoms with E-state index in [9.17, 15) is 15.2 Å². The molecule has 0 saturated carbocycles. The highest BCUT2D eigenvalue weighted by molar-refractivity contribution is 5.91. The van der Waals surface area contributed by atoms with Crippen LogP contribution in [0.2, 0.25) is 0 Å². The Kier molecular flexibility index (Phi) is 5.83. The SMILES string of the molecule is CCOC1=C(C(C)O)C=C(C)CC1(C#N)c1ccc(C(=O)N(C)C)nc1. The summed E-state index contributed by atoms with van der Waals surface area (Å²) in [6.07, 6.45) is 3.11. The van der Waals surface area contributed by atoms with Gasteiger partial charge in [-0.3, -0.25) is 9.78 Å². The molecule has 2 unspecified atom stereocenters. The number of aromatic nitrogens is 1. The molecule has 0 saturated heterocycles. The van der Waals surface area contributed by atoms with E-state index in [1.165, 1.54) is 4.90 Å². The maximum absolute atomic E-state index is 12.1. The lowest BCUT2D eigenvalue weighted by Crippen LogP contribution is -2.34. The average molecular weight is 355 g/mol. The predicted molar refractivity (Wildman–Crippen MR) is 98.3 cm³/mol. The molecule has 0 radical (unpaired) electrons. The van der Waals surface area contributed by atoms with Crippen LogP contribution in [0, 0.1) is 11.3 Å². The standard InChI is InChI=1S/C20H25N3O3/c1-6-26-18-16(14(3)24)9-13(2)10-20(18,12-21)15-7-8-17(22-11-15)19(25)23(4)5/h7-9,11,14,24H,6,10H2,1-5H3. The third kappa shape index (κ3) is 3.49. The van der Waals surface area contributed by atoms with Crippen molar-refractivity contribution in [2.45, 2.75) is 38.7 Å². The Morgan fingerprint density at radius 1 is 1.50 bits per heavy atom. The molecule has 1 amide bonds. The van der Waals surface area contributed by atoms with Crippen LogP contribution in [0.1, 0.15) is 43.2 Å². The number of ether oxygens (including phenoxy) is 1. The van der Waals surface area contributed by atoms with Crippen molar-refractivity contribution in [3.8, 4) is 6.07 Å². The van der Waals surface area contributed by atoms with E-state index in [0.29, 0.717) is 35.6 Å². The van der Waals surface area contributed by atoms with E-state index in [-0.39, 0.29) is 5.91 Å². The molecule has 1 N–H and O–H groups in total. The zero-order chi connectivity index (χ0) is 19.5. The second-order valence-electron chi connectivity index (χ2n) is 6.71. The summed E-state index contributed by atoms with van der Waals surface area (Å²) in [6.45, 7) is 5.81. The number of carbonyl (C=O) groups excluding carboxylic acids is 1. The molecule has 6 heteroatoms. The van der Waals surface area contributed by atoms with Crippen LogP contribution in [-0.4, -0.2) is 47.7 Å². The van der Waals surface area contributed by atoms with Gasteiger partial charge in [0.25, 0.3) is 5.91 Å². The fourth-order valence-electron chi connectivity index (χ4n) is 3.18. The van der Waals surface area contributed by atoms with Crippen LogP contribution in [0.15, 0.2) is 41.3 Å². The zero-order valence-corrected chi connectivity index (χ0v) is 15.9. The van der Waals surface area contributed by atoms with Gasteiger partial charge >= 0.3 is 0 Å². The summed E-state index contributed by atoms with van der Waals surface area (Å²) in [6, 6.07) is 5.75. The summed E-state index contributed by atoms with van der Waals surface area (Å²) in [5, 5.41) is 20.3. The topological polar surface area (TPSA) is 86.4 Å². The number of pyridine rings is 1. The molecule has 2 rings (SSSR count). The smallest absolute Gasteiger partial charge is 0.271 e. The highest BCUT2D eigenvalue weighted by atomic mass is 16.5. The summed E-state index contributed by atoms with van der Waals surface area (Å²) in [4.78, 5) is 17.8. The number of rotatable bonds is 5. The number of aliphatic hydroxyl groups is 1. The Morgan fingerprint density at radius 3 is 2.65 bits per heavy atom. The average Bonchev–Trinajstić information content (AvgIpc) is 2.62. The minimum absolute atomic E-state index is 0.201. The first kappa shape index (κ1) is 19.7. The van der Waals surface area contributed by atoms with Gasteiger partial charge in [-0.25, -0.2) is 0 Å². The molecule has 138 valence electrons. The Balaban J connectivity index is 2.61. The number of hydrogen-bond donors (Lipinski definition) is 1. The maximum atomic E-state index is 12.1. The van der Waals surface area contributed by atoms with Crippen molar-refractivity contribution < 1.29 is 14.6 Å². The minimum atomic E-state index is -1.08. The lowest BCUT2D eigenvalue weighted by molar-refractivity contribution is 0.0822. The summed E-state index contributed by atoms with van der Waals surface area (Å²) in [5.74, 6) is 0.254. The van der Waals surface area contributed by atoms with Gasteiger partial charge in [-0.15, -0.1) is 0 Å². The van der Waals surface area contributed by atoms with Gasteiger partial charge in [0, 0.05) is 25.9 Å². The molecule has 6 nitrogen and oxygen atoms in total. The van der Waals surface area contributed by atoms with Crippen molar-refractivity contribution in [1.29, 1.82) is 5.26 Å². The first-order chi connectivity index (χ1) is 12.3.